The number of aromatic nitrogens is 1. The molecule has 1 fully saturated rings. The van der Waals surface area contributed by atoms with Gasteiger partial charge in [-0.25, -0.2) is 14.8 Å². The van der Waals surface area contributed by atoms with Crippen molar-refractivity contribution < 1.29 is 9.53 Å². The summed E-state index contributed by atoms with van der Waals surface area (Å²) >= 11 is 24.9. The number of nitrogens with two attached hydrogens (primary N) is 1. The number of allylic oxidation sites excluding steroid dienone is 4. The molecule has 2 aliphatic rings. The molecular weight excluding hydrogens is 626 g/mol. The summed E-state index contributed by atoms with van der Waals surface area (Å²) in [6.45, 7) is 2.47. The summed E-state index contributed by atoms with van der Waals surface area (Å²) in [6.07, 6.45) is 8.12. The lowest BCUT2D eigenvalue weighted by molar-refractivity contribution is 0.0727. The number of nitrogens with zero attached hydrogens (tertiary/aromatic N) is 2. The van der Waals surface area contributed by atoms with E-state index in [-0.39, 0.29) is 17.3 Å². The van der Waals surface area contributed by atoms with E-state index in [4.69, 9.17) is 61.9 Å². The van der Waals surface area contributed by atoms with E-state index in [1.54, 1.807) is 42.6 Å². The molecule has 0 bridgehead atoms. The van der Waals surface area contributed by atoms with Crippen LogP contribution >= 0.6 is 46.4 Å². The van der Waals surface area contributed by atoms with Crippen LogP contribution in [-0.2, 0) is 6.54 Å². The summed E-state index contributed by atoms with van der Waals surface area (Å²) in [5.41, 5.74) is 12.0. The summed E-state index contributed by atoms with van der Waals surface area (Å²) in [6, 6.07) is 17.5. The van der Waals surface area contributed by atoms with E-state index in [2.05, 4.69) is 10.3 Å². The van der Waals surface area contributed by atoms with Gasteiger partial charge in [-0.1, -0.05) is 53.0 Å². The van der Waals surface area contributed by atoms with E-state index in [1.807, 2.05) is 43.3 Å². The number of benzene rings is 2. The van der Waals surface area contributed by atoms with Crippen molar-refractivity contribution in [1.82, 2.24) is 10.3 Å². The van der Waals surface area contributed by atoms with E-state index < -0.39 is 5.97 Å². The van der Waals surface area contributed by atoms with Crippen LogP contribution < -0.4 is 15.8 Å². The fourth-order valence-corrected chi connectivity index (χ4v) is 5.54. The molecule has 2 aromatic carbocycles. The minimum Gasteiger partial charge on any atom is -0.404 e. The Kier molecular flexibility index (Phi) is 10.3. The first-order chi connectivity index (χ1) is 20.7. The third-order valence-electron chi connectivity index (χ3n) is 7.28. The van der Waals surface area contributed by atoms with Crippen LogP contribution in [0.2, 0.25) is 10.0 Å². The highest BCUT2D eigenvalue weighted by atomic mass is 35.5. The van der Waals surface area contributed by atoms with E-state index >= 15 is 0 Å². The van der Waals surface area contributed by atoms with Crippen LogP contribution in [0.25, 0.3) is 0 Å². The Balaban J connectivity index is 1.37. The van der Waals surface area contributed by atoms with Crippen molar-refractivity contribution in [3.05, 3.63) is 128 Å². The molecule has 222 valence electrons. The van der Waals surface area contributed by atoms with Gasteiger partial charge in [-0.15, -0.1) is 11.6 Å². The van der Waals surface area contributed by atoms with Gasteiger partial charge in [0.05, 0.1) is 33.4 Å². The predicted molar refractivity (Wildman–Crippen MR) is 175 cm³/mol. The largest absolute Gasteiger partial charge is 0.404 e. The molecular formula is C33H30Cl4N4O2. The highest BCUT2D eigenvalue weighted by Crippen LogP contribution is 2.36. The number of halogens is 4. The number of carbonyl (C=O) groups excluding carboxylic acids is 1. The van der Waals surface area contributed by atoms with Crippen molar-refractivity contribution >= 4 is 58.1 Å². The lowest BCUT2D eigenvalue weighted by Crippen LogP contribution is -2.37. The zero-order chi connectivity index (χ0) is 30.5. The zero-order valence-corrected chi connectivity index (χ0v) is 26.4. The number of aliphatic imine (C=N–C) groups is 1. The molecule has 0 spiro atoms. The molecule has 2 unspecified atom stereocenters. The van der Waals surface area contributed by atoms with E-state index in [9.17, 15) is 4.79 Å². The van der Waals surface area contributed by atoms with Crippen LogP contribution in [0.5, 0.6) is 5.88 Å². The van der Waals surface area contributed by atoms with Crippen molar-refractivity contribution in [2.75, 3.05) is 0 Å². The third-order valence-corrected chi connectivity index (χ3v) is 8.41. The van der Waals surface area contributed by atoms with Crippen LogP contribution in [0.4, 0.5) is 0 Å². The molecule has 0 radical (unpaired) electrons. The van der Waals surface area contributed by atoms with Crippen LogP contribution in [0, 0.1) is 5.92 Å². The van der Waals surface area contributed by atoms with Crippen molar-refractivity contribution in [2.24, 2.45) is 16.6 Å². The number of pyridine rings is 1. The molecule has 3 aromatic rings. The van der Waals surface area contributed by atoms with Crippen molar-refractivity contribution in [3.63, 3.8) is 0 Å². The molecule has 1 heterocycles. The highest BCUT2D eigenvalue weighted by molar-refractivity contribution is 6.33. The first-order valence-electron chi connectivity index (χ1n) is 13.9. The maximum Gasteiger partial charge on any atom is 0.344 e. The molecule has 0 amide bonds. The lowest BCUT2D eigenvalue weighted by Gasteiger charge is -2.23. The van der Waals surface area contributed by atoms with Gasteiger partial charge in [0.15, 0.2) is 0 Å². The number of hydrogen-bond acceptors (Lipinski definition) is 6. The number of ether oxygens (including phenoxy) is 1. The predicted octanol–water partition coefficient (Wildman–Crippen LogP) is 8.22. The molecule has 1 saturated carbocycles. The summed E-state index contributed by atoms with van der Waals surface area (Å²) in [7, 11) is 0. The second-order valence-electron chi connectivity index (χ2n) is 10.5. The van der Waals surface area contributed by atoms with E-state index in [0.717, 1.165) is 29.5 Å². The van der Waals surface area contributed by atoms with Crippen molar-refractivity contribution in [1.29, 1.82) is 0 Å². The molecule has 43 heavy (non-hydrogen) atoms. The molecule has 1 aromatic heterocycles. The second kappa shape index (κ2) is 14.1. The zero-order valence-electron chi connectivity index (χ0n) is 23.4. The number of rotatable bonds is 10. The summed E-state index contributed by atoms with van der Waals surface area (Å²) in [5, 5.41) is 5.13. The highest BCUT2D eigenvalue weighted by Gasteiger charge is 2.34. The normalized spacial score (nSPS) is 18.3. The fraction of sp³-hybridized carbons (Fsp3) is 0.242. The molecule has 0 aliphatic heterocycles. The Hall–Kier alpha value is -3.13. The fourth-order valence-electron chi connectivity index (χ4n) is 4.74. The van der Waals surface area contributed by atoms with Crippen LogP contribution in [0.3, 0.4) is 0 Å². The Morgan fingerprint density at radius 3 is 2.33 bits per heavy atom. The summed E-state index contributed by atoms with van der Waals surface area (Å²) < 4.78 is 5.50. The molecule has 2 aliphatic carbocycles. The van der Waals surface area contributed by atoms with Gasteiger partial charge in [0.25, 0.3) is 0 Å². The molecule has 3 N–H and O–H groups in total. The molecule has 5 rings (SSSR count). The number of carbonyl (C=O) groups is 1. The molecule has 10 heteroatoms. The van der Waals surface area contributed by atoms with Crippen LogP contribution in [0.1, 0.15) is 47.7 Å². The number of alkyl halides is 1. The van der Waals surface area contributed by atoms with Gasteiger partial charge in [0.2, 0.25) is 5.88 Å². The van der Waals surface area contributed by atoms with E-state index in [1.165, 1.54) is 0 Å². The van der Waals surface area contributed by atoms with Crippen LogP contribution in [0.15, 0.2) is 106 Å². The number of hydrogen-bond donors (Lipinski definition) is 2. The second-order valence-corrected chi connectivity index (χ2v) is 12.3. The minimum absolute atomic E-state index is 0.0932. The Bertz CT molecular complexity index is 1610. The lowest BCUT2D eigenvalue weighted by atomic mass is 9.96. The quantitative estimate of drug-likeness (QED) is 0.131. The molecule has 2 atom stereocenters. The average molecular weight is 656 g/mol. The topological polar surface area (TPSA) is 89.6 Å². The Morgan fingerprint density at radius 1 is 1.05 bits per heavy atom. The standard InChI is InChI=1S/C33H30Cl4N4O2/c1-19(31(21-4-8-24(34)9-5-21)41-28-13-12-26(36)17-27(28)37)30(38)32(22-2-3-22)40-18-20-14-15-39-29(16-20)43-33(42)23-6-10-25(35)11-7-23/h4-11,13-17,22,26,32,40H,2-3,12,18,38H2,1H3. The number of esters is 1. The van der Waals surface area contributed by atoms with Gasteiger partial charge in [-0.3, -0.25) is 0 Å². The maximum atomic E-state index is 12.6. The first kappa shape index (κ1) is 31.3. The summed E-state index contributed by atoms with van der Waals surface area (Å²) in [5.74, 6) is 0.0929. The maximum absolute atomic E-state index is 12.6. The third kappa shape index (κ3) is 8.28. The van der Waals surface area contributed by atoms with Crippen LogP contribution in [-0.4, -0.2) is 28.1 Å². The Labute approximate surface area is 271 Å². The van der Waals surface area contributed by atoms with Gasteiger partial charge in [0, 0.05) is 40.1 Å². The van der Waals surface area contributed by atoms with Crippen molar-refractivity contribution in [3.8, 4) is 5.88 Å². The smallest absolute Gasteiger partial charge is 0.344 e. The van der Waals surface area contributed by atoms with Gasteiger partial charge in [-0.2, -0.15) is 0 Å². The van der Waals surface area contributed by atoms with Gasteiger partial charge < -0.3 is 15.8 Å². The Morgan fingerprint density at radius 2 is 1.70 bits per heavy atom. The van der Waals surface area contributed by atoms with E-state index in [0.29, 0.717) is 56.6 Å². The first-order valence-corrected chi connectivity index (χ1v) is 15.4. The summed E-state index contributed by atoms with van der Waals surface area (Å²) in [4.78, 5) is 21.7. The minimum atomic E-state index is -0.508. The van der Waals surface area contributed by atoms with Gasteiger partial charge in [-0.05, 0) is 91.8 Å². The average Bonchev–Trinajstić information content (AvgIpc) is 3.83. The number of nitrogens with one attached hydrogen (secondary N) is 1. The van der Waals surface area contributed by atoms with Crippen molar-refractivity contribution in [2.45, 2.75) is 44.1 Å². The van der Waals surface area contributed by atoms with Gasteiger partial charge >= 0.3 is 5.97 Å². The van der Waals surface area contributed by atoms with Gasteiger partial charge in [0.1, 0.15) is 0 Å². The molecule has 6 nitrogen and oxygen atoms in total. The molecule has 0 saturated heterocycles. The SMILES string of the molecule is CC(C(=NC1=CCC(Cl)C=C1Cl)c1ccc(Cl)cc1)=C(N)C(NCc1ccnc(OC(=O)c2ccc(Cl)cc2)c1)C1CC1. The monoisotopic (exact) mass is 654 g/mol.